The number of carbonyl (C=O) groups excluding carboxylic acids is 2. The van der Waals surface area contributed by atoms with Crippen LogP contribution in [0.4, 0.5) is 16.2 Å². The van der Waals surface area contributed by atoms with Gasteiger partial charge in [0, 0.05) is 30.9 Å². The number of hydrogen-bond acceptors (Lipinski definition) is 5. The van der Waals surface area contributed by atoms with Crippen LogP contribution >= 0.6 is 22.9 Å². The maximum atomic E-state index is 12.2. The van der Waals surface area contributed by atoms with Crippen molar-refractivity contribution in [3.05, 3.63) is 45.6 Å². The first kappa shape index (κ1) is 18.3. The fraction of sp³-hybridized carbons (Fsp3) is 0.400. The quantitative estimate of drug-likeness (QED) is 0.636. The largest absolute Gasteiger partial charge is 0.444 e. The summed E-state index contributed by atoms with van der Waals surface area (Å²) in [6.07, 6.45) is 2.71. The van der Waals surface area contributed by atoms with E-state index < -0.39 is 0 Å². The van der Waals surface area contributed by atoms with E-state index in [9.17, 15) is 9.59 Å². The summed E-state index contributed by atoms with van der Waals surface area (Å²) >= 11 is 7.16. The summed E-state index contributed by atoms with van der Waals surface area (Å²) in [5, 5.41) is 0. The molecule has 2 aromatic rings. The second-order valence-corrected chi connectivity index (χ2v) is 8.61. The molecule has 0 aliphatic carbocycles. The summed E-state index contributed by atoms with van der Waals surface area (Å²) in [5.74, 6) is 0.0383. The first-order chi connectivity index (χ1) is 13.1. The number of anilines is 2. The summed E-state index contributed by atoms with van der Waals surface area (Å²) in [5.41, 5.74) is 2.03. The standard InChI is InChI=1S/C20H21ClN2O3S/c21-19-10-9-18(27-19)17(24)8-7-16-13-23(20(25)26-16)15-5-3-14(4-6-15)22-11-1-2-12-22/h3-6,9-10,16H,1-2,7-8,11-13H2. The van der Waals surface area contributed by atoms with Gasteiger partial charge in [-0.3, -0.25) is 9.69 Å². The van der Waals surface area contributed by atoms with Crippen LogP contribution in [0.1, 0.15) is 35.4 Å². The van der Waals surface area contributed by atoms with E-state index in [4.69, 9.17) is 16.3 Å². The van der Waals surface area contributed by atoms with Crippen molar-refractivity contribution in [2.24, 2.45) is 0 Å². The third kappa shape index (κ3) is 4.12. The highest BCUT2D eigenvalue weighted by atomic mass is 35.5. The van der Waals surface area contributed by atoms with E-state index in [1.165, 1.54) is 29.9 Å². The molecule has 2 aliphatic rings. The summed E-state index contributed by atoms with van der Waals surface area (Å²) < 4.78 is 6.06. The van der Waals surface area contributed by atoms with Gasteiger partial charge in [0.05, 0.1) is 15.8 Å². The van der Waals surface area contributed by atoms with Crippen molar-refractivity contribution in [1.82, 2.24) is 0 Å². The molecule has 2 fully saturated rings. The molecule has 3 heterocycles. The Balaban J connectivity index is 1.34. The first-order valence-corrected chi connectivity index (χ1v) is 10.4. The Morgan fingerprint density at radius 2 is 1.81 bits per heavy atom. The van der Waals surface area contributed by atoms with Crippen LogP contribution < -0.4 is 9.80 Å². The molecule has 27 heavy (non-hydrogen) atoms. The van der Waals surface area contributed by atoms with E-state index in [1.807, 2.05) is 12.1 Å². The zero-order valence-electron chi connectivity index (χ0n) is 14.9. The lowest BCUT2D eigenvalue weighted by Gasteiger charge is -2.19. The monoisotopic (exact) mass is 404 g/mol. The SMILES string of the molecule is O=C(CCC1CN(c2ccc(N3CCCC3)cc2)C(=O)O1)c1ccc(Cl)s1. The average molecular weight is 405 g/mol. The zero-order chi connectivity index (χ0) is 18.8. The summed E-state index contributed by atoms with van der Waals surface area (Å²) in [7, 11) is 0. The van der Waals surface area contributed by atoms with Gasteiger partial charge in [-0.2, -0.15) is 0 Å². The van der Waals surface area contributed by atoms with Crippen LogP contribution in [-0.2, 0) is 4.74 Å². The highest BCUT2D eigenvalue weighted by molar-refractivity contribution is 7.18. The van der Waals surface area contributed by atoms with Gasteiger partial charge in [-0.15, -0.1) is 11.3 Å². The minimum atomic E-state index is -0.347. The number of ketones is 1. The van der Waals surface area contributed by atoms with Crippen LogP contribution in [0.2, 0.25) is 4.34 Å². The third-order valence-electron chi connectivity index (χ3n) is 5.05. The molecule has 1 unspecified atom stereocenters. The van der Waals surface area contributed by atoms with Gasteiger partial charge in [-0.05, 0) is 55.7 Å². The number of Topliss-reactive ketones (excluding diaryl/α,β-unsaturated/α-hetero) is 1. The lowest BCUT2D eigenvalue weighted by molar-refractivity contribution is 0.0943. The van der Waals surface area contributed by atoms with Crippen molar-refractivity contribution in [1.29, 1.82) is 0 Å². The van der Waals surface area contributed by atoms with Crippen LogP contribution in [0.5, 0.6) is 0 Å². The van der Waals surface area contributed by atoms with Crippen molar-refractivity contribution in [3.63, 3.8) is 0 Å². The minimum Gasteiger partial charge on any atom is -0.444 e. The maximum absolute atomic E-state index is 12.2. The molecule has 1 aromatic carbocycles. The molecule has 5 nitrogen and oxygen atoms in total. The number of amides is 1. The Morgan fingerprint density at radius 3 is 2.48 bits per heavy atom. The summed E-state index contributed by atoms with van der Waals surface area (Å²) in [4.78, 5) is 29.1. The lowest BCUT2D eigenvalue weighted by atomic mass is 10.1. The molecule has 7 heteroatoms. The Bertz CT molecular complexity index is 830. The van der Waals surface area contributed by atoms with Crippen molar-refractivity contribution >= 4 is 46.2 Å². The first-order valence-electron chi connectivity index (χ1n) is 9.22. The highest BCUT2D eigenvalue weighted by Crippen LogP contribution is 2.28. The Labute approximate surface area is 167 Å². The highest BCUT2D eigenvalue weighted by Gasteiger charge is 2.32. The van der Waals surface area contributed by atoms with Gasteiger partial charge in [0.2, 0.25) is 0 Å². The third-order valence-corrected chi connectivity index (χ3v) is 6.32. The minimum absolute atomic E-state index is 0.0383. The average Bonchev–Trinajstić information content (AvgIpc) is 3.41. The molecular formula is C20H21ClN2O3S. The van der Waals surface area contributed by atoms with Crippen LogP contribution in [0.15, 0.2) is 36.4 Å². The molecule has 2 aliphatic heterocycles. The number of thiophene rings is 1. The molecule has 1 aromatic heterocycles. The van der Waals surface area contributed by atoms with E-state index >= 15 is 0 Å². The Morgan fingerprint density at radius 1 is 1.11 bits per heavy atom. The van der Waals surface area contributed by atoms with Crippen molar-refractivity contribution < 1.29 is 14.3 Å². The van der Waals surface area contributed by atoms with E-state index in [2.05, 4.69) is 17.0 Å². The van der Waals surface area contributed by atoms with E-state index in [1.54, 1.807) is 17.0 Å². The topological polar surface area (TPSA) is 49.9 Å². The molecule has 0 saturated carbocycles. The molecule has 142 valence electrons. The number of ether oxygens (including phenoxy) is 1. The maximum Gasteiger partial charge on any atom is 0.414 e. The number of benzene rings is 1. The van der Waals surface area contributed by atoms with Crippen LogP contribution in [0.25, 0.3) is 0 Å². The van der Waals surface area contributed by atoms with E-state index in [-0.39, 0.29) is 18.0 Å². The smallest absolute Gasteiger partial charge is 0.414 e. The molecular weight excluding hydrogens is 384 g/mol. The number of rotatable bonds is 6. The van der Waals surface area contributed by atoms with Crippen molar-refractivity contribution in [3.8, 4) is 0 Å². The van der Waals surface area contributed by atoms with Crippen molar-refractivity contribution in [2.75, 3.05) is 29.4 Å². The number of nitrogens with zero attached hydrogens (tertiary/aromatic N) is 2. The molecule has 0 N–H and O–H groups in total. The zero-order valence-corrected chi connectivity index (χ0v) is 16.5. The van der Waals surface area contributed by atoms with E-state index in [0.717, 1.165) is 18.8 Å². The van der Waals surface area contributed by atoms with Crippen molar-refractivity contribution in [2.45, 2.75) is 31.8 Å². The second-order valence-electron chi connectivity index (χ2n) is 6.89. The molecule has 2 saturated heterocycles. The van der Waals surface area contributed by atoms with Crippen LogP contribution in [0.3, 0.4) is 0 Å². The van der Waals surface area contributed by atoms with Gasteiger partial charge in [0.15, 0.2) is 5.78 Å². The van der Waals surface area contributed by atoms with Gasteiger partial charge in [0.1, 0.15) is 6.10 Å². The molecule has 0 spiro atoms. The Hall–Kier alpha value is -2.05. The normalized spacial score (nSPS) is 19.6. The van der Waals surface area contributed by atoms with Crippen LogP contribution in [0, 0.1) is 0 Å². The number of halogens is 1. The molecule has 0 radical (unpaired) electrons. The molecule has 1 atom stereocenters. The second kappa shape index (κ2) is 7.90. The predicted molar refractivity (Wildman–Crippen MR) is 108 cm³/mol. The number of carbonyl (C=O) groups is 2. The molecule has 1 amide bonds. The summed E-state index contributed by atoms with van der Waals surface area (Å²) in [6.45, 7) is 2.66. The van der Waals surface area contributed by atoms with Gasteiger partial charge in [0.25, 0.3) is 0 Å². The number of cyclic esters (lactones) is 1. The molecule has 0 bridgehead atoms. The summed E-state index contributed by atoms with van der Waals surface area (Å²) in [6, 6.07) is 11.5. The lowest BCUT2D eigenvalue weighted by Crippen LogP contribution is -2.25. The number of hydrogen-bond donors (Lipinski definition) is 0. The van der Waals surface area contributed by atoms with Gasteiger partial charge < -0.3 is 9.64 Å². The van der Waals surface area contributed by atoms with Crippen LogP contribution in [-0.4, -0.2) is 37.6 Å². The Kier molecular flexibility index (Phi) is 5.36. The van der Waals surface area contributed by atoms with Gasteiger partial charge >= 0.3 is 6.09 Å². The fourth-order valence-corrected chi connectivity index (χ4v) is 4.59. The van der Waals surface area contributed by atoms with Gasteiger partial charge in [-0.25, -0.2) is 4.79 Å². The van der Waals surface area contributed by atoms with E-state index in [0.29, 0.717) is 28.6 Å². The predicted octanol–water partition coefficient (Wildman–Crippen LogP) is 4.99. The van der Waals surface area contributed by atoms with Gasteiger partial charge in [-0.1, -0.05) is 11.6 Å². The fourth-order valence-electron chi connectivity index (χ4n) is 3.58. The molecule has 4 rings (SSSR count).